The Kier molecular flexibility index (Phi) is 4.47. The molecule has 29 heavy (non-hydrogen) atoms. The van der Waals surface area contributed by atoms with E-state index in [1.807, 2.05) is 0 Å². The highest BCUT2D eigenvalue weighted by molar-refractivity contribution is 6.30. The van der Waals surface area contributed by atoms with E-state index in [1.165, 1.54) is 31.2 Å². The molecule has 1 saturated heterocycles. The number of rotatable bonds is 1. The average Bonchev–Trinajstić information content (AvgIpc) is 2.66. The lowest BCUT2D eigenvalue weighted by Gasteiger charge is -2.39. The summed E-state index contributed by atoms with van der Waals surface area (Å²) in [6.07, 6.45) is -6.23. The number of phenols is 2. The number of fused-ring (bicyclic) bond motifs is 2. The second kappa shape index (κ2) is 6.64. The zero-order valence-electron chi connectivity index (χ0n) is 15.7. The van der Waals surface area contributed by atoms with Crippen LogP contribution in [-0.2, 0) is 4.74 Å². The molecule has 0 spiro atoms. The molecule has 1 aliphatic heterocycles. The molecule has 1 heterocycles. The van der Waals surface area contributed by atoms with Gasteiger partial charge in [-0.25, -0.2) is 0 Å². The van der Waals surface area contributed by atoms with Crippen LogP contribution in [-0.4, -0.2) is 61.5 Å². The first kappa shape index (κ1) is 19.5. The van der Waals surface area contributed by atoms with Crippen molar-refractivity contribution in [3.05, 3.63) is 57.6 Å². The summed E-state index contributed by atoms with van der Waals surface area (Å²) in [5.41, 5.74) is 0.273. The van der Waals surface area contributed by atoms with Crippen LogP contribution in [0.3, 0.4) is 0 Å². The Morgan fingerprint density at radius 2 is 1.38 bits per heavy atom. The molecule has 0 unspecified atom stereocenters. The molecule has 8 heteroatoms. The maximum Gasteiger partial charge on any atom is 0.201 e. The third-order valence-corrected chi connectivity index (χ3v) is 5.53. The number of aromatic hydroxyl groups is 2. The Morgan fingerprint density at radius 3 is 2.03 bits per heavy atom. The lowest BCUT2D eigenvalue weighted by Crippen LogP contribution is -2.53. The predicted molar refractivity (Wildman–Crippen MR) is 99.1 cm³/mol. The fraction of sp³-hybridized carbons (Fsp3) is 0.333. The van der Waals surface area contributed by atoms with Crippen molar-refractivity contribution in [1.82, 2.24) is 0 Å². The van der Waals surface area contributed by atoms with Crippen molar-refractivity contribution in [2.45, 2.75) is 44.4 Å². The molecule has 2 aliphatic rings. The first-order valence-corrected chi connectivity index (χ1v) is 9.11. The lowest BCUT2D eigenvalue weighted by molar-refractivity contribution is -0.219. The molecule has 0 saturated carbocycles. The molecular weight excluding hydrogens is 380 g/mol. The minimum absolute atomic E-state index is 0.0190. The first-order valence-electron chi connectivity index (χ1n) is 9.11. The number of ether oxygens (including phenoxy) is 1. The van der Waals surface area contributed by atoms with Crippen molar-refractivity contribution in [2.75, 3.05) is 0 Å². The maximum absolute atomic E-state index is 13.0. The number of aliphatic hydroxyl groups excluding tert-OH is 3. The molecule has 2 aromatic rings. The fourth-order valence-corrected chi connectivity index (χ4v) is 4.01. The molecule has 2 aromatic carbocycles. The summed E-state index contributed by atoms with van der Waals surface area (Å²) in [5, 5.41) is 50.9. The zero-order valence-corrected chi connectivity index (χ0v) is 15.7. The molecule has 4 rings (SSSR count). The number of benzene rings is 2. The van der Waals surface area contributed by atoms with Crippen LogP contribution in [0.1, 0.15) is 56.0 Å². The number of aliphatic hydroxyl groups is 3. The predicted octanol–water partition coefficient (Wildman–Crippen LogP) is 0.724. The van der Waals surface area contributed by atoms with E-state index in [0.29, 0.717) is 5.56 Å². The summed E-state index contributed by atoms with van der Waals surface area (Å²) in [6.45, 7) is 3.18. The van der Waals surface area contributed by atoms with Crippen molar-refractivity contribution in [3.63, 3.8) is 0 Å². The summed E-state index contributed by atoms with van der Waals surface area (Å²) in [6, 6.07) is 5.34. The van der Waals surface area contributed by atoms with E-state index in [2.05, 4.69) is 0 Å². The smallest absolute Gasteiger partial charge is 0.201 e. The Hall–Kier alpha value is -2.78. The third kappa shape index (κ3) is 2.84. The molecule has 8 nitrogen and oxygen atoms in total. The molecule has 5 N–H and O–H groups in total. The Balaban J connectivity index is 1.85. The molecule has 1 aliphatic carbocycles. The highest BCUT2D eigenvalue weighted by atomic mass is 16.5. The summed E-state index contributed by atoms with van der Waals surface area (Å²) >= 11 is 0. The van der Waals surface area contributed by atoms with Gasteiger partial charge in [-0.1, -0.05) is 0 Å². The fourth-order valence-electron chi connectivity index (χ4n) is 4.01. The van der Waals surface area contributed by atoms with E-state index in [0.717, 1.165) is 0 Å². The summed E-state index contributed by atoms with van der Waals surface area (Å²) in [5.74, 6) is -2.11. The highest BCUT2D eigenvalue weighted by Gasteiger charge is 2.43. The SMILES string of the molecule is Cc1cc(O)c2c(c1)C(=O)c1cc([C@@H]3O[C@H](C)[C@@H](O)[C@H](O)[C@@H]3O)cc(O)c1C2=O. The molecule has 0 bridgehead atoms. The largest absolute Gasteiger partial charge is 0.507 e. The monoisotopic (exact) mass is 400 g/mol. The van der Waals surface area contributed by atoms with E-state index in [1.54, 1.807) is 6.92 Å². The van der Waals surface area contributed by atoms with Gasteiger partial charge in [0.15, 0.2) is 5.78 Å². The standard InChI is InChI=1S/C21H20O8/c1-7-3-10-14(12(22)4-7)18(26)15-11(17(10)25)5-9(6-13(15)23)21-20(28)19(27)16(24)8(2)29-21/h3-6,8,16,19-24,27-28H,1-2H3/t8-,16-,19+,20+,21+/m1/s1. The highest BCUT2D eigenvalue weighted by Crippen LogP contribution is 2.41. The van der Waals surface area contributed by atoms with Crippen LogP contribution in [0.25, 0.3) is 0 Å². The van der Waals surface area contributed by atoms with Gasteiger partial charge in [0, 0.05) is 11.1 Å². The van der Waals surface area contributed by atoms with Crippen LogP contribution >= 0.6 is 0 Å². The minimum Gasteiger partial charge on any atom is -0.507 e. The number of aryl methyl sites for hydroxylation is 1. The van der Waals surface area contributed by atoms with Gasteiger partial charge in [-0.05, 0) is 49.2 Å². The molecule has 0 radical (unpaired) electrons. The summed E-state index contributed by atoms with van der Waals surface area (Å²) in [4.78, 5) is 25.9. The van der Waals surface area contributed by atoms with E-state index < -0.39 is 47.8 Å². The van der Waals surface area contributed by atoms with Gasteiger partial charge in [-0.3, -0.25) is 9.59 Å². The number of ketones is 2. The van der Waals surface area contributed by atoms with E-state index in [4.69, 9.17) is 4.74 Å². The quantitative estimate of drug-likeness (QED) is 0.402. The number of carbonyl (C=O) groups excluding carboxylic acids is 2. The van der Waals surface area contributed by atoms with Gasteiger partial charge in [0.05, 0.1) is 17.2 Å². The molecule has 0 amide bonds. The minimum atomic E-state index is -1.51. The normalized spacial score (nSPS) is 28.8. The van der Waals surface area contributed by atoms with Crippen molar-refractivity contribution < 1.29 is 39.9 Å². The number of carbonyl (C=O) groups is 2. The second-order valence-electron chi connectivity index (χ2n) is 7.56. The van der Waals surface area contributed by atoms with Crippen molar-refractivity contribution in [1.29, 1.82) is 0 Å². The third-order valence-electron chi connectivity index (χ3n) is 5.53. The van der Waals surface area contributed by atoms with Gasteiger partial charge in [0.2, 0.25) is 5.78 Å². The molecule has 5 atom stereocenters. The molecule has 152 valence electrons. The Labute approximate surface area is 165 Å². The maximum atomic E-state index is 13.0. The first-order chi connectivity index (χ1) is 13.6. The van der Waals surface area contributed by atoms with Gasteiger partial charge in [0.25, 0.3) is 0 Å². The van der Waals surface area contributed by atoms with E-state index in [9.17, 15) is 35.1 Å². The summed E-state index contributed by atoms with van der Waals surface area (Å²) < 4.78 is 5.58. The van der Waals surface area contributed by atoms with E-state index in [-0.39, 0.29) is 33.6 Å². The molecule has 0 aromatic heterocycles. The summed E-state index contributed by atoms with van der Waals surface area (Å²) in [7, 11) is 0. The van der Waals surface area contributed by atoms with Crippen molar-refractivity contribution in [2.24, 2.45) is 0 Å². The number of hydrogen-bond donors (Lipinski definition) is 5. The van der Waals surface area contributed by atoms with Crippen molar-refractivity contribution in [3.8, 4) is 11.5 Å². The average molecular weight is 400 g/mol. The van der Waals surface area contributed by atoms with Gasteiger partial charge in [-0.15, -0.1) is 0 Å². The van der Waals surface area contributed by atoms with Crippen LogP contribution in [0.15, 0.2) is 24.3 Å². The Morgan fingerprint density at radius 1 is 0.793 bits per heavy atom. The molecule has 1 fully saturated rings. The lowest BCUT2D eigenvalue weighted by atomic mass is 9.80. The van der Waals surface area contributed by atoms with Gasteiger partial charge in [-0.2, -0.15) is 0 Å². The number of phenolic OH excluding ortho intramolecular Hbond substituents is 2. The second-order valence-corrected chi connectivity index (χ2v) is 7.56. The number of hydrogen-bond acceptors (Lipinski definition) is 8. The van der Waals surface area contributed by atoms with Crippen LogP contribution in [0.2, 0.25) is 0 Å². The topological polar surface area (TPSA) is 145 Å². The van der Waals surface area contributed by atoms with Crippen LogP contribution in [0.4, 0.5) is 0 Å². The van der Waals surface area contributed by atoms with Crippen molar-refractivity contribution >= 4 is 11.6 Å². The Bertz CT molecular complexity index is 1040. The van der Waals surface area contributed by atoms with Gasteiger partial charge < -0.3 is 30.3 Å². The van der Waals surface area contributed by atoms with Crippen LogP contribution < -0.4 is 0 Å². The van der Waals surface area contributed by atoms with Gasteiger partial charge >= 0.3 is 0 Å². The van der Waals surface area contributed by atoms with Crippen LogP contribution in [0, 0.1) is 6.92 Å². The zero-order chi connectivity index (χ0) is 21.2. The van der Waals surface area contributed by atoms with Gasteiger partial charge in [0.1, 0.15) is 35.9 Å². The van der Waals surface area contributed by atoms with Crippen LogP contribution in [0.5, 0.6) is 11.5 Å². The molecular formula is C21H20O8. The van der Waals surface area contributed by atoms with E-state index >= 15 is 0 Å².